The van der Waals surface area contributed by atoms with E-state index in [1.807, 2.05) is 30.3 Å². The van der Waals surface area contributed by atoms with Gasteiger partial charge in [0.15, 0.2) is 0 Å². The van der Waals surface area contributed by atoms with Crippen LogP contribution in [0.3, 0.4) is 0 Å². The minimum atomic E-state index is -0.580. The molecule has 2 N–H and O–H groups in total. The van der Waals surface area contributed by atoms with E-state index in [4.69, 9.17) is 5.73 Å². The summed E-state index contributed by atoms with van der Waals surface area (Å²) in [6.07, 6.45) is 5.59. The van der Waals surface area contributed by atoms with Crippen LogP contribution in [0.25, 0.3) is 10.8 Å². The first-order chi connectivity index (χ1) is 13.1. The number of halogens is 1. The van der Waals surface area contributed by atoms with Gasteiger partial charge in [0.2, 0.25) is 0 Å². The van der Waals surface area contributed by atoms with Crippen LogP contribution in [-0.4, -0.2) is 24.1 Å². The molecule has 1 aliphatic heterocycles. The van der Waals surface area contributed by atoms with Crippen LogP contribution >= 0.6 is 0 Å². The first kappa shape index (κ1) is 17.3. The van der Waals surface area contributed by atoms with E-state index >= 15 is 0 Å². The van der Waals surface area contributed by atoms with Crippen LogP contribution in [-0.2, 0) is 6.54 Å². The molecule has 1 fully saturated rings. The molecule has 4 rings (SSSR count). The quantitative estimate of drug-likeness (QED) is 0.759. The molecule has 2 heterocycles. The Morgan fingerprint density at radius 3 is 2.74 bits per heavy atom. The van der Waals surface area contributed by atoms with Crippen molar-refractivity contribution in [1.29, 1.82) is 0 Å². The van der Waals surface area contributed by atoms with Crippen molar-refractivity contribution in [3.8, 4) is 0 Å². The minimum Gasteiger partial charge on any atom is -0.369 e. The Balaban J connectivity index is 1.66. The molecule has 1 saturated heterocycles. The maximum absolute atomic E-state index is 14.6. The van der Waals surface area contributed by atoms with Gasteiger partial charge in [-0.05, 0) is 42.7 Å². The molecule has 0 unspecified atom stereocenters. The van der Waals surface area contributed by atoms with Crippen molar-refractivity contribution in [2.75, 3.05) is 22.9 Å². The molecular formula is C21H21FN4O. The van der Waals surface area contributed by atoms with Gasteiger partial charge in [-0.1, -0.05) is 18.2 Å². The zero-order valence-corrected chi connectivity index (χ0v) is 14.9. The predicted molar refractivity (Wildman–Crippen MR) is 105 cm³/mol. The third-order valence-electron chi connectivity index (χ3n) is 5.01. The lowest BCUT2D eigenvalue weighted by Crippen LogP contribution is -2.35. The number of aromatic nitrogens is 1. The van der Waals surface area contributed by atoms with E-state index in [-0.39, 0.29) is 12.4 Å². The second-order valence-electron chi connectivity index (χ2n) is 6.78. The number of nitrogens with zero attached hydrogens (tertiary/aromatic N) is 3. The molecule has 6 heteroatoms. The van der Waals surface area contributed by atoms with Crippen molar-refractivity contribution < 1.29 is 9.18 Å². The van der Waals surface area contributed by atoms with E-state index in [0.29, 0.717) is 16.9 Å². The molecule has 0 spiro atoms. The number of benzene rings is 2. The maximum atomic E-state index is 14.6. The summed E-state index contributed by atoms with van der Waals surface area (Å²) in [5, 5.41) is 1.79. The summed E-state index contributed by atoms with van der Waals surface area (Å²) >= 11 is 0. The largest absolute Gasteiger partial charge is 0.369 e. The van der Waals surface area contributed by atoms with Crippen molar-refractivity contribution in [1.82, 2.24) is 4.98 Å². The molecule has 0 atom stereocenters. The molecule has 0 aliphatic carbocycles. The molecule has 1 aromatic heterocycles. The number of pyridine rings is 1. The molecule has 27 heavy (non-hydrogen) atoms. The molecule has 2 aromatic carbocycles. The van der Waals surface area contributed by atoms with Gasteiger partial charge in [-0.25, -0.2) is 9.18 Å². The first-order valence-electron chi connectivity index (χ1n) is 9.06. The van der Waals surface area contributed by atoms with Gasteiger partial charge in [-0.15, -0.1) is 0 Å². The summed E-state index contributed by atoms with van der Waals surface area (Å²) < 4.78 is 14.6. The molecule has 1 aliphatic rings. The Morgan fingerprint density at radius 1 is 1.19 bits per heavy atom. The lowest BCUT2D eigenvalue weighted by molar-refractivity contribution is 0.253. The van der Waals surface area contributed by atoms with Gasteiger partial charge in [-0.3, -0.25) is 9.88 Å². The summed E-state index contributed by atoms with van der Waals surface area (Å²) in [5.74, 6) is -0.263. The molecule has 2 amide bonds. The topological polar surface area (TPSA) is 62.5 Å². The number of hydrogen-bond acceptors (Lipinski definition) is 3. The fourth-order valence-corrected chi connectivity index (χ4v) is 3.67. The van der Waals surface area contributed by atoms with E-state index in [0.717, 1.165) is 36.7 Å². The van der Waals surface area contributed by atoms with E-state index < -0.39 is 6.03 Å². The van der Waals surface area contributed by atoms with Gasteiger partial charge < -0.3 is 10.6 Å². The highest BCUT2D eigenvalue weighted by Crippen LogP contribution is 2.29. The highest BCUT2D eigenvalue weighted by Gasteiger charge is 2.19. The number of amides is 2. The van der Waals surface area contributed by atoms with Gasteiger partial charge in [0.05, 0.1) is 17.9 Å². The third-order valence-corrected chi connectivity index (χ3v) is 5.01. The van der Waals surface area contributed by atoms with E-state index in [1.165, 1.54) is 11.0 Å². The SMILES string of the molecule is NC(=O)N(Cc1ccc(N2CCCC2)c(F)c1)c1cccc2cnccc12. The molecular weight excluding hydrogens is 343 g/mol. The second kappa shape index (κ2) is 7.23. The van der Waals surface area contributed by atoms with Crippen LogP contribution in [0.2, 0.25) is 0 Å². The Kier molecular flexibility index (Phi) is 4.62. The molecule has 5 nitrogen and oxygen atoms in total. The average molecular weight is 364 g/mol. The number of hydrogen-bond donors (Lipinski definition) is 1. The second-order valence-corrected chi connectivity index (χ2v) is 6.78. The summed E-state index contributed by atoms with van der Waals surface area (Å²) in [5.41, 5.74) is 7.65. The summed E-state index contributed by atoms with van der Waals surface area (Å²) in [4.78, 5) is 19.8. The number of primary amides is 1. The van der Waals surface area contributed by atoms with Crippen LogP contribution in [0.5, 0.6) is 0 Å². The van der Waals surface area contributed by atoms with Crippen molar-refractivity contribution in [2.45, 2.75) is 19.4 Å². The fraction of sp³-hybridized carbons (Fsp3) is 0.238. The van der Waals surface area contributed by atoms with Crippen LogP contribution < -0.4 is 15.5 Å². The van der Waals surface area contributed by atoms with E-state index in [2.05, 4.69) is 9.88 Å². The van der Waals surface area contributed by atoms with Gasteiger partial charge in [-0.2, -0.15) is 0 Å². The third kappa shape index (κ3) is 3.43. The fourth-order valence-electron chi connectivity index (χ4n) is 3.67. The van der Waals surface area contributed by atoms with Crippen molar-refractivity contribution in [3.63, 3.8) is 0 Å². The lowest BCUT2D eigenvalue weighted by Gasteiger charge is -2.23. The number of anilines is 2. The lowest BCUT2D eigenvalue weighted by atomic mass is 10.1. The standard InChI is InChI=1S/C21H21FN4O/c22-18-12-15(6-7-20(18)25-10-1-2-11-25)14-26(21(23)27)19-5-3-4-16-13-24-9-8-17(16)19/h3-9,12-13H,1-2,10-11,14H2,(H2,23,27). The number of urea groups is 1. The van der Waals surface area contributed by atoms with Gasteiger partial charge in [0.1, 0.15) is 5.82 Å². The molecule has 3 aromatic rings. The van der Waals surface area contributed by atoms with Crippen LogP contribution in [0.15, 0.2) is 54.9 Å². The first-order valence-corrected chi connectivity index (χ1v) is 9.06. The number of nitrogens with two attached hydrogens (primary N) is 1. The number of rotatable bonds is 4. The maximum Gasteiger partial charge on any atom is 0.319 e. The smallest absolute Gasteiger partial charge is 0.319 e. The number of carbonyl (C=O) groups is 1. The van der Waals surface area contributed by atoms with Crippen LogP contribution in [0.4, 0.5) is 20.6 Å². The predicted octanol–water partition coefficient (Wildman–Crippen LogP) is 4.06. The minimum absolute atomic E-state index is 0.202. The zero-order chi connectivity index (χ0) is 18.8. The normalized spacial score (nSPS) is 13.9. The summed E-state index contributed by atoms with van der Waals surface area (Å²) in [6.45, 7) is 1.97. The molecule has 0 saturated carbocycles. The number of carbonyl (C=O) groups excluding carboxylic acids is 1. The average Bonchev–Trinajstić information content (AvgIpc) is 3.20. The van der Waals surface area contributed by atoms with Gasteiger partial charge in [0, 0.05) is 36.3 Å². The van der Waals surface area contributed by atoms with Crippen LogP contribution in [0.1, 0.15) is 18.4 Å². The van der Waals surface area contributed by atoms with Crippen LogP contribution in [0, 0.1) is 5.82 Å². The highest BCUT2D eigenvalue weighted by atomic mass is 19.1. The zero-order valence-electron chi connectivity index (χ0n) is 14.9. The monoisotopic (exact) mass is 364 g/mol. The Labute approximate surface area is 157 Å². The van der Waals surface area contributed by atoms with E-state index in [9.17, 15) is 9.18 Å². The van der Waals surface area contributed by atoms with Gasteiger partial charge in [0.25, 0.3) is 0 Å². The van der Waals surface area contributed by atoms with Crippen molar-refractivity contribution in [3.05, 3.63) is 66.2 Å². The number of fused-ring (bicyclic) bond motifs is 1. The summed E-state index contributed by atoms with van der Waals surface area (Å²) in [6, 6.07) is 12.0. The van der Waals surface area contributed by atoms with Crippen molar-refractivity contribution >= 4 is 28.2 Å². The Bertz CT molecular complexity index is 980. The Hall–Kier alpha value is -3.15. The van der Waals surface area contributed by atoms with E-state index in [1.54, 1.807) is 18.5 Å². The Morgan fingerprint density at radius 2 is 2.00 bits per heavy atom. The summed E-state index contributed by atoms with van der Waals surface area (Å²) in [7, 11) is 0. The molecule has 138 valence electrons. The molecule has 0 bridgehead atoms. The van der Waals surface area contributed by atoms with Gasteiger partial charge >= 0.3 is 6.03 Å². The highest BCUT2D eigenvalue weighted by molar-refractivity contribution is 6.02. The molecule has 0 radical (unpaired) electrons. The van der Waals surface area contributed by atoms with Crippen molar-refractivity contribution in [2.24, 2.45) is 5.73 Å².